The quantitative estimate of drug-likeness (QED) is 0.865. The lowest BCUT2D eigenvalue weighted by atomic mass is 10.0. The van der Waals surface area contributed by atoms with E-state index in [0.717, 1.165) is 6.42 Å². The monoisotopic (exact) mass is 338 g/mol. The predicted molar refractivity (Wildman–Crippen MR) is 93.2 cm³/mol. The van der Waals surface area contributed by atoms with Gasteiger partial charge in [-0.05, 0) is 42.5 Å². The Morgan fingerprint density at radius 3 is 2.40 bits per heavy atom. The fourth-order valence-electron chi connectivity index (χ4n) is 3.73. The highest BCUT2D eigenvalue weighted by atomic mass is 16.3. The molecular weight excluding hydrogens is 316 g/mol. The Hall–Kier alpha value is -2.56. The number of nitrogens with zero attached hydrogens (tertiary/aromatic N) is 2. The van der Waals surface area contributed by atoms with Gasteiger partial charge < -0.3 is 14.2 Å². The molecule has 1 aliphatic heterocycles. The first kappa shape index (κ1) is 15.9. The number of amides is 2. The molecule has 2 atom stereocenters. The standard InChI is InChI=1S/C20H22N2O3/c1-14-5-2-3-6-15(14)16-13-17(16)19(23)21-8-10-22(11-9-21)20(24)18-7-4-12-25-18/h2-7,12,16-17H,8-11,13H2,1H3/t16-,17+/m1/s1. The fourth-order valence-corrected chi connectivity index (χ4v) is 3.73. The van der Waals surface area contributed by atoms with Crippen LogP contribution in [0.1, 0.15) is 34.0 Å². The Balaban J connectivity index is 1.33. The molecule has 1 aliphatic carbocycles. The smallest absolute Gasteiger partial charge is 0.289 e. The van der Waals surface area contributed by atoms with Crippen LogP contribution >= 0.6 is 0 Å². The molecule has 1 saturated carbocycles. The van der Waals surface area contributed by atoms with Gasteiger partial charge in [0.05, 0.1) is 6.26 Å². The lowest BCUT2D eigenvalue weighted by Crippen LogP contribution is -2.51. The van der Waals surface area contributed by atoms with Gasteiger partial charge in [0.15, 0.2) is 5.76 Å². The summed E-state index contributed by atoms with van der Waals surface area (Å²) in [6.45, 7) is 4.43. The van der Waals surface area contributed by atoms with E-state index in [0.29, 0.717) is 37.9 Å². The van der Waals surface area contributed by atoms with Gasteiger partial charge in [0.2, 0.25) is 5.91 Å². The Morgan fingerprint density at radius 1 is 1.00 bits per heavy atom. The molecule has 2 heterocycles. The van der Waals surface area contributed by atoms with Gasteiger partial charge in [0.25, 0.3) is 5.91 Å². The summed E-state index contributed by atoms with van der Waals surface area (Å²) in [5.74, 6) is 0.964. The van der Waals surface area contributed by atoms with Crippen LogP contribution in [0.4, 0.5) is 0 Å². The average Bonchev–Trinajstić information content (AvgIpc) is 3.24. The third-order valence-electron chi connectivity index (χ3n) is 5.31. The maximum Gasteiger partial charge on any atom is 0.289 e. The van der Waals surface area contributed by atoms with Crippen molar-refractivity contribution >= 4 is 11.8 Å². The molecule has 0 unspecified atom stereocenters. The minimum Gasteiger partial charge on any atom is -0.459 e. The molecule has 5 heteroatoms. The molecule has 2 aromatic rings. The highest BCUT2D eigenvalue weighted by Gasteiger charge is 2.46. The number of furan rings is 1. The Kier molecular flexibility index (Phi) is 4.07. The Morgan fingerprint density at radius 2 is 1.72 bits per heavy atom. The summed E-state index contributed by atoms with van der Waals surface area (Å²) in [6, 6.07) is 11.7. The van der Waals surface area contributed by atoms with Gasteiger partial charge in [-0.15, -0.1) is 0 Å². The van der Waals surface area contributed by atoms with E-state index >= 15 is 0 Å². The van der Waals surface area contributed by atoms with Crippen molar-refractivity contribution in [3.8, 4) is 0 Å². The largest absolute Gasteiger partial charge is 0.459 e. The maximum atomic E-state index is 12.8. The number of hydrogen-bond donors (Lipinski definition) is 0. The summed E-state index contributed by atoms with van der Waals surface area (Å²) in [6.07, 6.45) is 2.45. The molecule has 4 rings (SSSR count). The van der Waals surface area contributed by atoms with E-state index in [-0.39, 0.29) is 17.7 Å². The van der Waals surface area contributed by atoms with E-state index in [1.54, 1.807) is 17.0 Å². The molecule has 1 aromatic heterocycles. The van der Waals surface area contributed by atoms with Gasteiger partial charge in [-0.2, -0.15) is 0 Å². The molecule has 1 aromatic carbocycles. The van der Waals surface area contributed by atoms with E-state index in [2.05, 4.69) is 19.1 Å². The van der Waals surface area contributed by atoms with Crippen LogP contribution in [0.5, 0.6) is 0 Å². The van der Waals surface area contributed by atoms with Gasteiger partial charge in [-0.3, -0.25) is 9.59 Å². The van der Waals surface area contributed by atoms with Gasteiger partial charge in [0.1, 0.15) is 0 Å². The zero-order valence-corrected chi connectivity index (χ0v) is 14.4. The van der Waals surface area contributed by atoms with Crippen LogP contribution in [0.3, 0.4) is 0 Å². The van der Waals surface area contributed by atoms with Crippen molar-refractivity contribution in [1.29, 1.82) is 0 Å². The van der Waals surface area contributed by atoms with Gasteiger partial charge >= 0.3 is 0 Å². The second-order valence-corrected chi connectivity index (χ2v) is 6.90. The molecule has 1 saturated heterocycles. The molecule has 2 amide bonds. The van der Waals surface area contributed by atoms with Crippen LogP contribution in [0.2, 0.25) is 0 Å². The average molecular weight is 338 g/mol. The summed E-state index contributed by atoms with van der Waals surface area (Å²) >= 11 is 0. The van der Waals surface area contributed by atoms with Gasteiger partial charge in [-0.25, -0.2) is 0 Å². The molecule has 5 nitrogen and oxygen atoms in total. The molecule has 2 aliphatic rings. The molecule has 0 spiro atoms. The first-order valence-corrected chi connectivity index (χ1v) is 8.82. The summed E-state index contributed by atoms with van der Waals surface area (Å²) in [7, 11) is 0. The third kappa shape index (κ3) is 3.06. The van der Waals surface area contributed by atoms with Gasteiger partial charge in [0, 0.05) is 32.1 Å². The van der Waals surface area contributed by atoms with Crippen molar-refractivity contribution < 1.29 is 14.0 Å². The number of piperazine rings is 1. The normalized spacial score (nSPS) is 22.8. The first-order valence-electron chi connectivity index (χ1n) is 8.82. The number of benzene rings is 1. The van der Waals surface area contributed by atoms with Crippen LogP contribution in [0, 0.1) is 12.8 Å². The molecule has 0 N–H and O–H groups in total. The van der Waals surface area contributed by atoms with Crippen LogP contribution in [-0.2, 0) is 4.79 Å². The van der Waals surface area contributed by atoms with Crippen molar-refractivity contribution in [2.45, 2.75) is 19.3 Å². The zero-order valence-electron chi connectivity index (χ0n) is 14.4. The number of hydrogen-bond acceptors (Lipinski definition) is 3. The number of rotatable bonds is 3. The van der Waals surface area contributed by atoms with Crippen LogP contribution < -0.4 is 0 Å². The number of carbonyl (C=O) groups is 2. The topological polar surface area (TPSA) is 53.8 Å². The molecule has 0 radical (unpaired) electrons. The summed E-state index contributed by atoms with van der Waals surface area (Å²) in [4.78, 5) is 28.7. The number of aryl methyl sites for hydroxylation is 1. The minimum absolute atomic E-state index is 0.0960. The lowest BCUT2D eigenvalue weighted by molar-refractivity contribution is -0.134. The van der Waals surface area contributed by atoms with Crippen molar-refractivity contribution in [2.75, 3.05) is 26.2 Å². The zero-order chi connectivity index (χ0) is 17.4. The van der Waals surface area contributed by atoms with Crippen LogP contribution in [0.25, 0.3) is 0 Å². The number of carbonyl (C=O) groups excluding carboxylic acids is 2. The van der Waals surface area contributed by atoms with Crippen molar-refractivity contribution in [2.24, 2.45) is 5.92 Å². The van der Waals surface area contributed by atoms with E-state index in [1.165, 1.54) is 17.4 Å². The molecule has 130 valence electrons. The second kappa shape index (κ2) is 6.39. The van der Waals surface area contributed by atoms with E-state index in [4.69, 9.17) is 4.42 Å². The van der Waals surface area contributed by atoms with Crippen LogP contribution in [0.15, 0.2) is 47.1 Å². The third-order valence-corrected chi connectivity index (χ3v) is 5.31. The molecule has 0 bridgehead atoms. The fraction of sp³-hybridized carbons (Fsp3) is 0.400. The van der Waals surface area contributed by atoms with Gasteiger partial charge in [-0.1, -0.05) is 24.3 Å². The minimum atomic E-state index is -0.0960. The highest BCUT2D eigenvalue weighted by molar-refractivity contribution is 5.91. The van der Waals surface area contributed by atoms with Crippen molar-refractivity contribution in [1.82, 2.24) is 9.80 Å². The van der Waals surface area contributed by atoms with E-state index < -0.39 is 0 Å². The van der Waals surface area contributed by atoms with Crippen molar-refractivity contribution in [3.05, 3.63) is 59.5 Å². The summed E-state index contributed by atoms with van der Waals surface area (Å²) in [5, 5.41) is 0. The molecule has 2 fully saturated rings. The summed E-state index contributed by atoms with van der Waals surface area (Å²) in [5.41, 5.74) is 2.56. The maximum absolute atomic E-state index is 12.8. The Labute approximate surface area is 147 Å². The predicted octanol–water partition coefficient (Wildman–Crippen LogP) is 2.68. The lowest BCUT2D eigenvalue weighted by Gasteiger charge is -2.34. The molecule has 25 heavy (non-hydrogen) atoms. The van der Waals surface area contributed by atoms with Crippen LogP contribution in [-0.4, -0.2) is 47.8 Å². The van der Waals surface area contributed by atoms with E-state index in [1.807, 2.05) is 17.0 Å². The SMILES string of the molecule is Cc1ccccc1[C@H]1C[C@@H]1C(=O)N1CCN(C(=O)c2ccco2)CC1. The second-order valence-electron chi connectivity index (χ2n) is 6.90. The Bertz CT molecular complexity index is 776. The summed E-state index contributed by atoms with van der Waals surface area (Å²) < 4.78 is 5.17. The molecular formula is C20H22N2O3. The van der Waals surface area contributed by atoms with Crippen molar-refractivity contribution in [3.63, 3.8) is 0 Å². The first-order chi connectivity index (χ1) is 12.1. The van der Waals surface area contributed by atoms with E-state index in [9.17, 15) is 9.59 Å². The highest BCUT2D eigenvalue weighted by Crippen LogP contribution is 2.49.